The summed E-state index contributed by atoms with van der Waals surface area (Å²) in [4.78, 5) is 0. The summed E-state index contributed by atoms with van der Waals surface area (Å²) in [5.74, 6) is 0.615. The Balaban J connectivity index is 2.09. The Hall–Kier alpha value is -0.900. The van der Waals surface area contributed by atoms with Crippen LogP contribution in [0.4, 0.5) is 0 Å². The molecule has 1 aromatic rings. The van der Waals surface area contributed by atoms with Gasteiger partial charge in [0.15, 0.2) is 0 Å². The zero-order chi connectivity index (χ0) is 12.8. The fourth-order valence-electron chi connectivity index (χ4n) is 2.76. The first-order valence-corrected chi connectivity index (χ1v) is 6.88. The minimum atomic E-state index is -0.433. The molecule has 3 nitrogen and oxygen atoms in total. The molecule has 0 bridgehead atoms. The van der Waals surface area contributed by atoms with Gasteiger partial charge in [0.1, 0.15) is 0 Å². The third-order valence-electron chi connectivity index (χ3n) is 3.75. The van der Waals surface area contributed by atoms with Gasteiger partial charge in [0.25, 0.3) is 0 Å². The summed E-state index contributed by atoms with van der Waals surface area (Å²) >= 11 is 0. The van der Waals surface area contributed by atoms with Crippen molar-refractivity contribution >= 4 is 0 Å². The average molecular weight is 249 g/mol. The van der Waals surface area contributed by atoms with Crippen molar-refractivity contribution in [2.75, 3.05) is 19.7 Å². The lowest BCUT2D eigenvalue weighted by atomic mass is 9.85. The molecule has 0 spiro atoms. The number of aliphatic hydroxyl groups is 2. The van der Waals surface area contributed by atoms with E-state index in [9.17, 15) is 5.11 Å². The molecule has 18 heavy (non-hydrogen) atoms. The van der Waals surface area contributed by atoms with Crippen LogP contribution in [0.15, 0.2) is 24.3 Å². The molecule has 0 amide bonds. The van der Waals surface area contributed by atoms with Crippen LogP contribution < -0.4 is 5.32 Å². The minimum absolute atomic E-state index is 0.0523. The number of hydrogen-bond donors (Lipinski definition) is 3. The van der Waals surface area contributed by atoms with Gasteiger partial charge in [0, 0.05) is 6.61 Å². The standard InChI is InChI=1S/C15H23NO2/c17-10-7-14(18)11-13-3-1-2-4-15(13)12-5-8-16-9-6-12/h1-4,12,14,16-18H,5-11H2. The highest BCUT2D eigenvalue weighted by Gasteiger charge is 2.18. The van der Waals surface area contributed by atoms with Gasteiger partial charge in [-0.05, 0) is 55.8 Å². The Kier molecular flexibility index (Phi) is 5.17. The highest BCUT2D eigenvalue weighted by atomic mass is 16.3. The first-order chi connectivity index (χ1) is 8.81. The molecule has 1 saturated heterocycles. The van der Waals surface area contributed by atoms with Crippen molar-refractivity contribution in [1.29, 1.82) is 0 Å². The lowest BCUT2D eigenvalue weighted by Gasteiger charge is -2.25. The molecule has 2 rings (SSSR count). The van der Waals surface area contributed by atoms with Gasteiger partial charge in [-0.2, -0.15) is 0 Å². The summed E-state index contributed by atoms with van der Waals surface area (Å²) in [7, 11) is 0. The zero-order valence-corrected chi connectivity index (χ0v) is 10.8. The molecule has 0 radical (unpaired) electrons. The van der Waals surface area contributed by atoms with Gasteiger partial charge < -0.3 is 15.5 Å². The Morgan fingerprint density at radius 3 is 2.67 bits per heavy atom. The molecule has 0 aliphatic carbocycles. The van der Waals surface area contributed by atoms with Crippen LogP contribution in [-0.2, 0) is 6.42 Å². The maximum atomic E-state index is 9.85. The molecule has 3 N–H and O–H groups in total. The van der Waals surface area contributed by atoms with E-state index in [1.807, 2.05) is 6.07 Å². The molecular weight excluding hydrogens is 226 g/mol. The van der Waals surface area contributed by atoms with Crippen molar-refractivity contribution in [3.8, 4) is 0 Å². The molecule has 1 aliphatic rings. The van der Waals surface area contributed by atoms with E-state index in [0.717, 1.165) is 13.1 Å². The average Bonchev–Trinajstić information content (AvgIpc) is 2.40. The second-order valence-electron chi connectivity index (χ2n) is 5.09. The van der Waals surface area contributed by atoms with Crippen LogP contribution in [0.5, 0.6) is 0 Å². The van der Waals surface area contributed by atoms with Crippen molar-refractivity contribution < 1.29 is 10.2 Å². The molecule has 0 aromatic heterocycles. The fourth-order valence-corrected chi connectivity index (χ4v) is 2.76. The van der Waals surface area contributed by atoms with Crippen LogP contribution in [-0.4, -0.2) is 36.0 Å². The van der Waals surface area contributed by atoms with Gasteiger partial charge >= 0.3 is 0 Å². The smallest absolute Gasteiger partial charge is 0.0602 e. The highest BCUT2D eigenvalue weighted by Crippen LogP contribution is 2.28. The summed E-state index contributed by atoms with van der Waals surface area (Å²) in [6.07, 6.45) is 3.03. The first-order valence-electron chi connectivity index (χ1n) is 6.88. The van der Waals surface area contributed by atoms with Gasteiger partial charge in [-0.3, -0.25) is 0 Å². The topological polar surface area (TPSA) is 52.5 Å². The van der Waals surface area contributed by atoms with Crippen LogP contribution in [0.3, 0.4) is 0 Å². The van der Waals surface area contributed by atoms with Crippen LogP contribution in [0.1, 0.15) is 36.3 Å². The van der Waals surface area contributed by atoms with Crippen molar-refractivity contribution in [3.05, 3.63) is 35.4 Å². The molecule has 100 valence electrons. The molecule has 1 aromatic carbocycles. The van der Waals surface area contributed by atoms with E-state index in [0.29, 0.717) is 18.8 Å². The molecule has 1 aliphatic heterocycles. The quantitative estimate of drug-likeness (QED) is 0.740. The number of nitrogens with one attached hydrogen (secondary N) is 1. The molecular formula is C15H23NO2. The van der Waals surface area contributed by atoms with E-state index in [2.05, 4.69) is 23.5 Å². The molecule has 0 saturated carbocycles. The van der Waals surface area contributed by atoms with Gasteiger partial charge in [-0.25, -0.2) is 0 Å². The van der Waals surface area contributed by atoms with Crippen molar-refractivity contribution in [2.24, 2.45) is 0 Å². The van der Waals surface area contributed by atoms with Gasteiger partial charge in [0.05, 0.1) is 6.10 Å². The first kappa shape index (κ1) is 13.5. The summed E-state index contributed by atoms with van der Waals surface area (Å²) < 4.78 is 0. The summed E-state index contributed by atoms with van der Waals surface area (Å²) in [5.41, 5.74) is 2.63. The monoisotopic (exact) mass is 249 g/mol. The van der Waals surface area contributed by atoms with Crippen LogP contribution >= 0.6 is 0 Å². The van der Waals surface area contributed by atoms with Crippen LogP contribution in [0.2, 0.25) is 0 Å². The number of rotatable bonds is 5. The van der Waals surface area contributed by atoms with E-state index in [1.165, 1.54) is 24.0 Å². The normalized spacial score (nSPS) is 18.8. The maximum absolute atomic E-state index is 9.85. The second kappa shape index (κ2) is 6.88. The summed E-state index contributed by atoms with van der Waals surface area (Å²) in [5, 5.41) is 22.1. The predicted molar refractivity (Wildman–Crippen MR) is 72.7 cm³/mol. The molecule has 1 fully saturated rings. The Morgan fingerprint density at radius 1 is 1.22 bits per heavy atom. The van der Waals surface area contributed by atoms with E-state index in [-0.39, 0.29) is 6.61 Å². The van der Waals surface area contributed by atoms with Gasteiger partial charge in [-0.1, -0.05) is 24.3 Å². The Bertz CT molecular complexity index is 361. The SMILES string of the molecule is OCCC(O)Cc1ccccc1C1CCNCC1. The summed E-state index contributed by atoms with van der Waals surface area (Å²) in [6, 6.07) is 8.42. The molecule has 1 heterocycles. The zero-order valence-electron chi connectivity index (χ0n) is 10.8. The van der Waals surface area contributed by atoms with E-state index in [4.69, 9.17) is 5.11 Å². The molecule has 3 heteroatoms. The van der Waals surface area contributed by atoms with E-state index < -0.39 is 6.10 Å². The number of hydrogen-bond acceptors (Lipinski definition) is 3. The van der Waals surface area contributed by atoms with Crippen molar-refractivity contribution in [3.63, 3.8) is 0 Å². The summed E-state index contributed by atoms with van der Waals surface area (Å²) in [6.45, 7) is 2.22. The lowest BCUT2D eigenvalue weighted by molar-refractivity contribution is 0.133. The van der Waals surface area contributed by atoms with Gasteiger partial charge in [0.2, 0.25) is 0 Å². The number of benzene rings is 1. The van der Waals surface area contributed by atoms with Crippen LogP contribution in [0.25, 0.3) is 0 Å². The van der Waals surface area contributed by atoms with Crippen LogP contribution in [0, 0.1) is 0 Å². The minimum Gasteiger partial charge on any atom is -0.396 e. The lowest BCUT2D eigenvalue weighted by Crippen LogP contribution is -2.27. The number of aliphatic hydroxyl groups excluding tert-OH is 2. The fraction of sp³-hybridized carbons (Fsp3) is 0.600. The number of piperidine rings is 1. The van der Waals surface area contributed by atoms with E-state index >= 15 is 0 Å². The Morgan fingerprint density at radius 2 is 1.94 bits per heavy atom. The second-order valence-corrected chi connectivity index (χ2v) is 5.09. The van der Waals surface area contributed by atoms with Crippen molar-refractivity contribution in [2.45, 2.75) is 37.7 Å². The Labute approximate surface area is 109 Å². The third-order valence-corrected chi connectivity index (χ3v) is 3.75. The van der Waals surface area contributed by atoms with Crippen molar-refractivity contribution in [1.82, 2.24) is 5.32 Å². The van der Waals surface area contributed by atoms with Gasteiger partial charge in [-0.15, -0.1) is 0 Å². The maximum Gasteiger partial charge on any atom is 0.0602 e. The van der Waals surface area contributed by atoms with E-state index in [1.54, 1.807) is 0 Å². The third kappa shape index (κ3) is 3.55. The highest BCUT2D eigenvalue weighted by molar-refractivity contribution is 5.31. The molecule has 1 atom stereocenters. The predicted octanol–water partition coefficient (Wildman–Crippen LogP) is 1.44. The molecule has 1 unspecified atom stereocenters. The largest absolute Gasteiger partial charge is 0.396 e.